The molecule has 0 spiro atoms. The molecule has 0 aliphatic rings. The molecule has 0 amide bonds. The van der Waals surface area contributed by atoms with Gasteiger partial charge >= 0.3 is 13.2 Å². The third-order valence-electron chi connectivity index (χ3n) is 2.57. The Morgan fingerprint density at radius 3 is 2.50 bits per heavy atom. The van der Waals surface area contributed by atoms with E-state index < -0.39 is 7.12 Å². The molecular formula is C13H10BNO3. The molecule has 1 N–H and O–H groups in total. The Balaban J connectivity index is 1.84. The van der Waals surface area contributed by atoms with Gasteiger partial charge in [-0.05, 0) is 17.6 Å². The zero-order valence-corrected chi connectivity index (χ0v) is 9.48. The second-order valence-corrected chi connectivity index (χ2v) is 3.83. The summed E-state index contributed by atoms with van der Waals surface area (Å²) in [5.41, 5.74) is 1.99. The van der Waals surface area contributed by atoms with Gasteiger partial charge in [-0.15, -0.1) is 0 Å². The normalized spacial score (nSPS) is 10.5. The summed E-state index contributed by atoms with van der Waals surface area (Å²) in [5.74, 6) is 0. The summed E-state index contributed by atoms with van der Waals surface area (Å²) in [6, 6.07) is 16.4. The lowest BCUT2D eigenvalue weighted by molar-refractivity contribution is 0.343. The van der Waals surface area contributed by atoms with Gasteiger partial charge in [0.1, 0.15) is 5.52 Å². The van der Waals surface area contributed by atoms with Gasteiger partial charge in [0.05, 0.1) is 0 Å². The van der Waals surface area contributed by atoms with Gasteiger partial charge in [-0.3, -0.25) is 0 Å². The molecule has 0 radical (unpaired) electrons. The molecule has 0 bridgehead atoms. The molecule has 4 nitrogen and oxygen atoms in total. The summed E-state index contributed by atoms with van der Waals surface area (Å²) in [5, 5.41) is 9.88. The number of benzene rings is 2. The highest BCUT2D eigenvalue weighted by Gasteiger charge is 2.21. The first-order chi connectivity index (χ1) is 8.83. The number of nitrogens with zero attached hydrogens (tertiary/aromatic N) is 1. The summed E-state index contributed by atoms with van der Waals surface area (Å²) < 4.78 is 10.6. The Kier molecular flexibility index (Phi) is 2.74. The lowest BCUT2D eigenvalue weighted by atomic mass is 9.80. The molecule has 2 aromatic carbocycles. The highest BCUT2D eigenvalue weighted by molar-refractivity contribution is 6.60. The van der Waals surface area contributed by atoms with E-state index in [0.717, 1.165) is 0 Å². The summed E-state index contributed by atoms with van der Waals surface area (Å²) >= 11 is 0. The third-order valence-corrected chi connectivity index (χ3v) is 2.57. The van der Waals surface area contributed by atoms with E-state index in [9.17, 15) is 5.02 Å². The van der Waals surface area contributed by atoms with Crippen molar-refractivity contribution >= 4 is 23.7 Å². The van der Waals surface area contributed by atoms with Crippen molar-refractivity contribution in [1.82, 2.24) is 4.98 Å². The number of hydrogen-bond acceptors (Lipinski definition) is 4. The quantitative estimate of drug-likeness (QED) is 0.705. The van der Waals surface area contributed by atoms with Crippen LogP contribution in [0.4, 0.5) is 0 Å². The molecule has 3 aromatic rings. The van der Waals surface area contributed by atoms with E-state index in [1.165, 1.54) is 0 Å². The molecule has 1 aromatic heterocycles. The molecule has 0 saturated heterocycles. The van der Waals surface area contributed by atoms with Gasteiger partial charge in [-0.25, -0.2) is 0 Å². The molecule has 0 aliphatic heterocycles. The second kappa shape index (κ2) is 4.54. The van der Waals surface area contributed by atoms with E-state index in [0.29, 0.717) is 16.6 Å². The van der Waals surface area contributed by atoms with E-state index >= 15 is 0 Å². The smallest absolute Gasteiger partial charge is 0.490 e. The lowest BCUT2D eigenvalue weighted by Crippen LogP contribution is -2.36. The van der Waals surface area contributed by atoms with Crippen LogP contribution in [-0.2, 0) is 0 Å². The Labute approximate surface area is 104 Å². The molecule has 0 fully saturated rings. The topological polar surface area (TPSA) is 55.5 Å². The van der Waals surface area contributed by atoms with Crippen LogP contribution in [0.5, 0.6) is 6.08 Å². The average molecular weight is 239 g/mol. The lowest BCUT2D eigenvalue weighted by Gasteiger charge is -2.04. The fraction of sp³-hybridized carbons (Fsp3) is 0. The van der Waals surface area contributed by atoms with E-state index in [4.69, 9.17) is 9.07 Å². The summed E-state index contributed by atoms with van der Waals surface area (Å²) in [4.78, 5) is 4.13. The van der Waals surface area contributed by atoms with Crippen molar-refractivity contribution in [3.63, 3.8) is 0 Å². The minimum atomic E-state index is -1.08. The molecular weight excluding hydrogens is 229 g/mol. The van der Waals surface area contributed by atoms with Gasteiger partial charge < -0.3 is 14.1 Å². The highest BCUT2D eigenvalue weighted by atomic mass is 16.6. The number of hydrogen-bond donors (Lipinski definition) is 1. The van der Waals surface area contributed by atoms with Gasteiger partial charge in [0.2, 0.25) is 0 Å². The van der Waals surface area contributed by atoms with Crippen LogP contribution in [0.1, 0.15) is 0 Å². The Bertz CT molecular complexity index is 620. The SMILES string of the molecule is OB(Oc1nc2ccccc2o1)c1ccccc1. The van der Waals surface area contributed by atoms with Crippen molar-refractivity contribution < 1.29 is 14.1 Å². The van der Waals surface area contributed by atoms with Crippen molar-refractivity contribution in [3.05, 3.63) is 54.6 Å². The molecule has 88 valence electrons. The number of fused-ring (bicyclic) bond motifs is 1. The summed E-state index contributed by atoms with van der Waals surface area (Å²) in [6.45, 7) is 0. The Morgan fingerprint density at radius 2 is 1.72 bits per heavy atom. The van der Waals surface area contributed by atoms with Crippen LogP contribution in [-0.4, -0.2) is 17.1 Å². The van der Waals surface area contributed by atoms with Gasteiger partial charge in [0, 0.05) is 0 Å². The first-order valence-electron chi connectivity index (χ1n) is 5.58. The van der Waals surface area contributed by atoms with E-state index in [-0.39, 0.29) is 6.08 Å². The monoisotopic (exact) mass is 239 g/mol. The van der Waals surface area contributed by atoms with Crippen LogP contribution in [0.15, 0.2) is 59.0 Å². The zero-order valence-electron chi connectivity index (χ0n) is 9.48. The maximum Gasteiger partial charge on any atom is 0.563 e. The average Bonchev–Trinajstić information content (AvgIpc) is 2.82. The van der Waals surface area contributed by atoms with Crippen molar-refractivity contribution in [2.75, 3.05) is 0 Å². The first kappa shape index (κ1) is 10.9. The van der Waals surface area contributed by atoms with E-state index in [1.807, 2.05) is 36.4 Å². The van der Waals surface area contributed by atoms with Crippen LogP contribution < -0.4 is 10.1 Å². The Hall–Kier alpha value is -2.27. The minimum Gasteiger partial charge on any atom is -0.490 e. The van der Waals surface area contributed by atoms with Crippen molar-refractivity contribution in [1.29, 1.82) is 0 Å². The second-order valence-electron chi connectivity index (χ2n) is 3.83. The fourth-order valence-corrected chi connectivity index (χ4v) is 1.68. The van der Waals surface area contributed by atoms with Crippen molar-refractivity contribution in [2.24, 2.45) is 0 Å². The highest BCUT2D eigenvalue weighted by Crippen LogP contribution is 2.19. The zero-order chi connectivity index (χ0) is 12.4. The van der Waals surface area contributed by atoms with Crippen LogP contribution in [0, 0.1) is 0 Å². The van der Waals surface area contributed by atoms with Crippen LogP contribution in [0.2, 0.25) is 0 Å². The molecule has 5 heteroatoms. The van der Waals surface area contributed by atoms with Crippen molar-refractivity contribution in [2.45, 2.75) is 0 Å². The van der Waals surface area contributed by atoms with Crippen LogP contribution >= 0.6 is 0 Å². The number of para-hydroxylation sites is 2. The summed E-state index contributed by atoms with van der Waals surface area (Å²) in [6.07, 6.45) is 0.0625. The van der Waals surface area contributed by atoms with Crippen molar-refractivity contribution in [3.8, 4) is 6.08 Å². The van der Waals surface area contributed by atoms with E-state index in [1.54, 1.807) is 18.2 Å². The molecule has 0 unspecified atom stereocenters. The maximum atomic E-state index is 9.88. The molecule has 1 heterocycles. The fourth-order valence-electron chi connectivity index (χ4n) is 1.68. The number of oxazole rings is 1. The Morgan fingerprint density at radius 1 is 1.00 bits per heavy atom. The summed E-state index contributed by atoms with van der Waals surface area (Å²) in [7, 11) is -1.08. The largest absolute Gasteiger partial charge is 0.563 e. The minimum absolute atomic E-state index is 0.0625. The van der Waals surface area contributed by atoms with Gasteiger partial charge in [-0.2, -0.15) is 4.98 Å². The third kappa shape index (κ3) is 2.08. The molecule has 3 rings (SSSR count). The predicted octanol–water partition coefficient (Wildman–Crippen LogP) is 1.59. The van der Waals surface area contributed by atoms with Gasteiger partial charge in [0.15, 0.2) is 5.58 Å². The van der Waals surface area contributed by atoms with Gasteiger partial charge in [-0.1, -0.05) is 42.5 Å². The van der Waals surface area contributed by atoms with E-state index in [2.05, 4.69) is 4.98 Å². The number of aromatic nitrogens is 1. The van der Waals surface area contributed by atoms with Crippen LogP contribution in [0.3, 0.4) is 0 Å². The molecule has 0 aliphatic carbocycles. The maximum absolute atomic E-state index is 9.88. The molecule has 0 saturated carbocycles. The standard InChI is InChI=1S/C13H10BNO3/c16-14(10-6-2-1-3-7-10)18-13-15-11-8-4-5-9-12(11)17-13/h1-9,16H. The first-order valence-corrected chi connectivity index (χ1v) is 5.58. The van der Waals surface area contributed by atoms with Crippen LogP contribution in [0.25, 0.3) is 11.1 Å². The predicted molar refractivity (Wildman–Crippen MR) is 68.7 cm³/mol. The molecule has 18 heavy (non-hydrogen) atoms. The number of rotatable bonds is 3. The molecule has 0 atom stereocenters. The van der Waals surface area contributed by atoms with Gasteiger partial charge in [0.25, 0.3) is 0 Å².